The Kier molecular flexibility index (Phi) is 7.01. The van der Waals surface area contributed by atoms with E-state index < -0.39 is 35.6 Å². The highest BCUT2D eigenvalue weighted by Gasteiger charge is 2.64. The molecule has 8 rings (SSSR count). The summed E-state index contributed by atoms with van der Waals surface area (Å²) >= 11 is 0. The predicted octanol–water partition coefficient (Wildman–Crippen LogP) is 7.00. The van der Waals surface area contributed by atoms with Gasteiger partial charge in [-0.25, -0.2) is 9.59 Å². The molecule has 3 heterocycles. The molecule has 3 atom stereocenters. The van der Waals surface area contributed by atoms with Crippen LogP contribution in [0.15, 0.2) is 84.4 Å². The lowest BCUT2D eigenvalue weighted by Crippen LogP contribution is -2.60. The first kappa shape index (κ1) is 29.5. The van der Waals surface area contributed by atoms with Gasteiger partial charge < -0.3 is 19.4 Å². The predicted molar refractivity (Wildman–Crippen MR) is 179 cm³/mol. The molecule has 1 N–H and O–H groups in total. The summed E-state index contributed by atoms with van der Waals surface area (Å²) in [7, 11) is 1.39. The molecule has 240 valence electrons. The van der Waals surface area contributed by atoms with Crippen LogP contribution in [-0.4, -0.2) is 65.1 Å². The molecule has 0 unspecified atom stereocenters. The molecule has 2 fully saturated rings. The van der Waals surface area contributed by atoms with Crippen LogP contribution in [0.1, 0.15) is 73.9 Å². The standard InChI is InChI=1S/C39H39N3O5/c1-23(2)21-32-34-33(28-15-8-9-16-30(28)40-34)39(18-19-39)35(37(44)46-3)42(32)36(43)31-17-10-20-41(31)38(45)47-22-29-26-13-6-4-11-24(26)25-12-5-7-14-27(25)29/h4-9,11-16,21,29,31-32,35,40H,10,17-20,22H2,1-3H3/t31-,32+,35+/m0/s1. The number of ether oxygens (including phenoxy) is 2. The number of aromatic nitrogens is 1. The number of esters is 1. The van der Waals surface area contributed by atoms with Crippen LogP contribution in [0.3, 0.4) is 0 Å². The first-order chi connectivity index (χ1) is 22.8. The normalized spacial score (nSPS) is 22.1. The number of hydrogen-bond acceptors (Lipinski definition) is 5. The Bertz CT molecular complexity index is 1910. The number of likely N-dealkylation sites (tertiary alicyclic amines) is 1. The molecule has 3 aromatic carbocycles. The van der Waals surface area contributed by atoms with Crippen LogP contribution >= 0.6 is 0 Å². The molecule has 4 aromatic rings. The van der Waals surface area contributed by atoms with Gasteiger partial charge in [0.2, 0.25) is 5.91 Å². The van der Waals surface area contributed by atoms with E-state index in [4.69, 9.17) is 9.47 Å². The van der Waals surface area contributed by atoms with Crippen LogP contribution < -0.4 is 0 Å². The lowest BCUT2D eigenvalue weighted by molar-refractivity contribution is -0.159. The molecule has 1 spiro atoms. The number of hydrogen-bond donors (Lipinski definition) is 1. The molecule has 8 nitrogen and oxygen atoms in total. The smallest absolute Gasteiger partial charge is 0.410 e. The second kappa shape index (κ2) is 11.1. The number of para-hydroxylation sites is 1. The summed E-state index contributed by atoms with van der Waals surface area (Å²) in [5.74, 6) is -0.750. The number of H-pyrrole nitrogens is 1. The van der Waals surface area contributed by atoms with E-state index in [1.54, 1.807) is 9.80 Å². The fraction of sp³-hybridized carbons (Fsp3) is 0.359. The van der Waals surface area contributed by atoms with Crippen molar-refractivity contribution in [3.05, 3.63) is 107 Å². The van der Waals surface area contributed by atoms with Gasteiger partial charge in [-0.05, 0) is 73.4 Å². The van der Waals surface area contributed by atoms with Crippen molar-refractivity contribution in [1.29, 1.82) is 0 Å². The zero-order chi connectivity index (χ0) is 32.4. The lowest BCUT2D eigenvalue weighted by atomic mass is 9.78. The van der Waals surface area contributed by atoms with E-state index in [1.807, 2.05) is 62.4 Å². The number of rotatable bonds is 5. The molecule has 1 aromatic heterocycles. The Labute approximate surface area is 274 Å². The maximum Gasteiger partial charge on any atom is 0.410 e. The summed E-state index contributed by atoms with van der Waals surface area (Å²) in [6, 6.07) is 22.5. The average molecular weight is 630 g/mol. The van der Waals surface area contributed by atoms with Gasteiger partial charge in [-0.1, -0.05) is 78.4 Å². The first-order valence-electron chi connectivity index (χ1n) is 16.6. The highest BCUT2D eigenvalue weighted by molar-refractivity contribution is 5.96. The lowest BCUT2D eigenvalue weighted by Gasteiger charge is -2.46. The average Bonchev–Trinajstić information content (AvgIpc) is 3.42. The van der Waals surface area contributed by atoms with Gasteiger partial charge in [0.15, 0.2) is 0 Å². The molecule has 2 aliphatic heterocycles. The minimum Gasteiger partial charge on any atom is -0.467 e. The third kappa shape index (κ3) is 4.52. The Hall–Kier alpha value is -4.85. The van der Waals surface area contributed by atoms with Crippen LogP contribution in [0.4, 0.5) is 4.79 Å². The van der Waals surface area contributed by atoms with Gasteiger partial charge in [0.05, 0.1) is 13.2 Å². The number of carbonyl (C=O) groups is 3. The molecule has 1 saturated heterocycles. The number of fused-ring (bicyclic) bond motifs is 7. The van der Waals surface area contributed by atoms with E-state index in [2.05, 4.69) is 35.3 Å². The number of benzene rings is 3. The molecule has 2 aliphatic carbocycles. The summed E-state index contributed by atoms with van der Waals surface area (Å²) in [5, 5.41) is 1.08. The summed E-state index contributed by atoms with van der Waals surface area (Å²) in [6.07, 6.45) is 4.26. The second-order valence-electron chi connectivity index (χ2n) is 13.6. The zero-order valence-electron chi connectivity index (χ0n) is 27.0. The van der Waals surface area contributed by atoms with Crippen molar-refractivity contribution in [2.45, 2.75) is 69.0 Å². The molecule has 0 radical (unpaired) electrons. The Morgan fingerprint density at radius 3 is 2.26 bits per heavy atom. The van der Waals surface area contributed by atoms with Gasteiger partial charge in [0.1, 0.15) is 18.7 Å². The van der Waals surface area contributed by atoms with Crippen LogP contribution in [0, 0.1) is 0 Å². The minimum atomic E-state index is -0.808. The van der Waals surface area contributed by atoms with E-state index >= 15 is 0 Å². The van der Waals surface area contributed by atoms with Crippen molar-refractivity contribution < 1.29 is 23.9 Å². The SMILES string of the molecule is COC(=O)[C@H]1N(C(=O)[C@@H]2CCCN2C(=O)OCC2c3ccccc3-c3ccccc32)[C@H](C=C(C)C)c2[nH]c3ccccc3c2C12CC2. The maximum atomic E-state index is 14.9. The largest absolute Gasteiger partial charge is 0.467 e. The topological polar surface area (TPSA) is 91.9 Å². The van der Waals surface area contributed by atoms with Gasteiger partial charge >= 0.3 is 12.1 Å². The number of nitrogens with zero attached hydrogens (tertiary/aromatic N) is 2. The Morgan fingerprint density at radius 1 is 0.936 bits per heavy atom. The van der Waals surface area contributed by atoms with Crippen molar-refractivity contribution in [2.24, 2.45) is 0 Å². The number of carbonyl (C=O) groups excluding carboxylic acids is 3. The molecule has 1 saturated carbocycles. The molecule has 8 heteroatoms. The van der Waals surface area contributed by atoms with Crippen LogP contribution in [-0.2, 0) is 24.5 Å². The molecule has 2 amide bonds. The van der Waals surface area contributed by atoms with Gasteiger partial charge in [-0.15, -0.1) is 0 Å². The van der Waals surface area contributed by atoms with Crippen molar-refractivity contribution in [2.75, 3.05) is 20.3 Å². The van der Waals surface area contributed by atoms with Crippen LogP contribution in [0.25, 0.3) is 22.0 Å². The molecular weight excluding hydrogens is 590 g/mol. The molecule has 4 aliphatic rings. The summed E-state index contributed by atoms with van der Waals surface area (Å²) in [6.45, 7) is 4.59. The number of aromatic amines is 1. The van der Waals surface area contributed by atoms with Gasteiger partial charge in [-0.3, -0.25) is 9.69 Å². The molecule has 47 heavy (non-hydrogen) atoms. The van der Waals surface area contributed by atoms with E-state index in [-0.39, 0.29) is 18.4 Å². The summed E-state index contributed by atoms with van der Waals surface area (Å²) < 4.78 is 11.5. The fourth-order valence-electron chi connectivity index (χ4n) is 8.57. The van der Waals surface area contributed by atoms with E-state index in [0.717, 1.165) is 62.8 Å². The monoisotopic (exact) mass is 629 g/mol. The van der Waals surface area contributed by atoms with E-state index in [0.29, 0.717) is 19.4 Å². The highest BCUT2D eigenvalue weighted by Crippen LogP contribution is 2.61. The van der Waals surface area contributed by atoms with E-state index in [9.17, 15) is 14.4 Å². The summed E-state index contributed by atoms with van der Waals surface area (Å²) in [4.78, 5) is 49.4. The van der Waals surface area contributed by atoms with E-state index in [1.165, 1.54) is 7.11 Å². The zero-order valence-corrected chi connectivity index (χ0v) is 27.0. The number of methoxy groups -OCH3 is 1. The number of amides is 2. The number of nitrogens with one attached hydrogen (secondary N) is 1. The van der Waals surface area contributed by atoms with Crippen LogP contribution in [0.2, 0.25) is 0 Å². The van der Waals surface area contributed by atoms with Crippen molar-refractivity contribution in [1.82, 2.24) is 14.8 Å². The third-order valence-corrected chi connectivity index (χ3v) is 10.7. The fourth-order valence-corrected chi connectivity index (χ4v) is 8.57. The second-order valence-corrected chi connectivity index (χ2v) is 13.6. The van der Waals surface area contributed by atoms with Crippen molar-refractivity contribution in [3.8, 4) is 11.1 Å². The minimum absolute atomic E-state index is 0.0777. The van der Waals surface area contributed by atoms with Gasteiger partial charge in [-0.2, -0.15) is 0 Å². The quantitative estimate of drug-likeness (QED) is 0.190. The molecular formula is C39H39N3O5. The Balaban J connectivity index is 1.12. The van der Waals surface area contributed by atoms with Gasteiger partial charge in [0, 0.05) is 34.5 Å². The van der Waals surface area contributed by atoms with Crippen LogP contribution in [0.5, 0.6) is 0 Å². The summed E-state index contributed by atoms with van der Waals surface area (Å²) in [5.41, 5.74) is 8.09. The third-order valence-electron chi connectivity index (χ3n) is 10.7. The first-order valence-corrected chi connectivity index (χ1v) is 16.6. The van der Waals surface area contributed by atoms with Crippen molar-refractivity contribution in [3.63, 3.8) is 0 Å². The molecule has 0 bridgehead atoms. The maximum absolute atomic E-state index is 14.9. The highest BCUT2D eigenvalue weighted by atomic mass is 16.6. The van der Waals surface area contributed by atoms with Crippen molar-refractivity contribution >= 4 is 28.9 Å². The Morgan fingerprint density at radius 2 is 1.60 bits per heavy atom. The number of allylic oxidation sites excluding steroid dienone is 1. The van der Waals surface area contributed by atoms with Gasteiger partial charge in [0.25, 0.3) is 0 Å².